The van der Waals surface area contributed by atoms with Crippen LogP contribution >= 0.6 is 0 Å². The van der Waals surface area contributed by atoms with Gasteiger partial charge in [0.1, 0.15) is 11.5 Å². The Morgan fingerprint density at radius 2 is 1.70 bits per heavy atom. The molecule has 158 valence electrons. The maximum absolute atomic E-state index is 12.9. The van der Waals surface area contributed by atoms with Crippen LogP contribution in [-0.2, 0) is 9.53 Å². The molecule has 0 aliphatic carbocycles. The normalized spacial score (nSPS) is 16.6. The van der Waals surface area contributed by atoms with Crippen molar-refractivity contribution in [1.82, 2.24) is 0 Å². The lowest BCUT2D eigenvalue weighted by Gasteiger charge is -2.29. The van der Waals surface area contributed by atoms with E-state index in [0.29, 0.717) is 39.7 Å². The Kier molecular flexibility index (Phi) is 5.07. The van der Waals surface area contributed by atoms with Gasteiger partial charge < -0.3 is 33.5 Å². The van der Waals surface area contributed by atoms with Crippen molar-refractivity contribution in [2.45, 2.75) is 19.8 Å². The van der Waals surface area contributed by atoms with Crippen LogP contribution in [0.1, 0.15) is 30.9 Å². The fourth-order valence-electron chi connectivity index (χ4n) is 3.73. The first-order chi connectivity index (χ1) is 14.5. The molecule has 0 amide bonds. The zero-order chi connectivity index (χ0) is 21.4. The largest absolute Gasteiger partial charge is 0.502 e. The van der Waals surface area contributed by atoms with Gasteiger partial charge in [0.05, 0.1) is 26.4 Å². The van der Waals surface area contributed by atoms with Gasteiger partial charge in [0.15, 0.2) is 23.0 Å². The van der Waals surface area contributed by atoms with Crippen LogP contribution < -0.4 is 23.7 Å². The van der Waals surface area contributed by atoms with E-state index in [1.165, 1.54) is 14.2 Å². The summed E-state index contributed by atoms with van der Waals surface area (Å²) in [5.41, 5.74) is 1.70. The highest BCUT2D eigenvalue weighted by Gasteiger charge is 2.37. The first-order valence-corrected chi connectivity index (χ1v) is 9.42. The number of rotatable bonds is 5. The minimum atomic E-state index is -0.564. The van der Waals surface area contributed by atoms with E-state index in [9.17, 15) is 9.90 Å². The SMILES string of the molecule is CCOC(=O)C1=C(C)Oc2cc3c(cc2C1c1cc(OC)c(O)c(OC)c1)OCO3. The lowest BCUT2D eigenvalue weighted by molar-refractivity contribution is -0.139. The molecule has 0 radical (unpaired) electrons. The first kappa shape index (κ1) is 19.8. The van der Waals surface area contributed by atoms with Crippen molar-refractivity contribution < 1.29 is 38.3 Å². The molecule has 0 bridgehead atoms. The molecule has 8 nitrogen and oxygen atoms in total. The molecule has 0 aromatic heterocycles. The lowest BCUT2D eigenvalue weighted by atomic mass is 9.81. The average Bonchev–Trinajstić information content (AvgIpc) is 3.19. The van der Waals surface area contributed by atoms with Gasteiger partial charge in [-0.25, -0.2) is 4.79 Å². The van der Waals surface area contributed by atoms with Gasteiger partial charge >= 0.3 is 5.97 Å². The molecular weight excluding hydrogens is 392 g/mol. The fourth-order valence-corrected chi connectivity index (χ4v) is 3.73. The number of hydrogen-bond donors (Lipinski definition) is 1. The van der Waals surface area contributed by atoms with Crippen LogP contribution in [0.5, 0.6) is 34.5 Å². The molecule has 2 aliphatic rings. The summed E-state index contributed by atoms with van der Waals surface area (Å²) in [5.74, 6) is 1.35. The third-order valence-electron chi connectivity index (χ3n) is 5.08. The molecule has 0 spiro atoms. The summed E-state index contributed by atoms with van der Waals surface area (Å²) in [6.45, 7) is 3.78. The fraction of sp³-hybridized carbons (Fsp3) is 0.318. The number of phenolic OH excluding ortho intramolecular Hbond substituents is 1. The summed E-state index contributed by atoms with van der Waals surface area (Å²) < 4.78 is 32.9. The highest BCUT2D eigenvalue weighted by molar-refractivity contribution is 5.93. The number of ether oxygens (including phenoxy) is 6. The number of carbonyl (C=O) groups excluding carboxylic acids is 1. The Balaban J connectivity index is 1.95. The van der Waals surface area contributed by atoms with Crippen LogP contribution in [0, 0.1) is 0 Å². The Bertz CT molecular complexity index is 1010. The van der Waals surface area contributed by atoms with Crippen molar-refractivity contribution in [2.24, 2.45) is 0 Å². The number of aromatic hydroxyl groups is 1. The van der Waals surface area contributed by atoms with Crippen LogP contribution in [0.25, 0.3) is 0 Å². The van der Waals surface area contributed by atoms with Crippen LogP contribution in [-0.4, -0.2) is 38.7 Å². The van der Waals surface area contributed by atoms with E-state index in [-0.39, 0.29) is 30.6 Å². The molecule has 2 aliphatic heterocycles. The quantitative estimate of drug-likeness (QED) is 0.744. The molecule has 0 saturated carbocycles. The van der Waals surface area contributed by atoms with Crippen LogP contribution in [0.2, 0.25) is 0 Å². The minimum absolute atomic E-state index is 0.112. The number of fused-ring (bicyclic) bond motifs is 2. The summed E-state index contributed by atoms with van der Waals surface area (Å²) in [5, 5.41) is 10.3. The third-order valence-corrected chi connectivity index (χ3v) is 5.08. The Morgan fingerprint density at radius 1 is 1.07 bits per heavy atom. The van der Waals surface area contributed by atoms with Gasteiger partial charge in [-0.05, 0) is 37.6 Å². The highest BCUT2D eigenvalue weighted by atomic mass is 16.7. The summed E-state index contributed by atoms with van der Waals surface area (Å²) in [4.78, 5) is 12.9. The molecule has 1 N–H and O–H groups in total. The van der Waals surface area contributed by atoms with Gasteiger partial charge in [0.25, 0.3) is 0 Å². The first-order valence-electron chi connectivity index (χ1n) is 9.42. The zero-order valence-corrected chi connectivity index (χ0v) is 17.1. The number of allylic oxidation sites excluding steroid dienone is 1. The minimum Gasteiger partial charge on any atom is -0.502 e. The van der Waals surface area contributed by atoms with Crippen molar-refractivity contribution in [3.63, 3.8) is 0 Å². The number of carbonyl (C=O) groups is 1. The van der Waals surface area contributed by atoms with E-state index in [2.05, 4.69) is 0 Å². The molecule has 8 heteroatoms. The van der Waals surface area contributed by atoms with E-state index in [4.69, 9.17) is 28.4 Å². The van der Waals surface area contributed by atoms with E-state index in [1.807, 2.05) is 0 Å². The van der Waals surface area contributed by atoms with E-state index >= 15 is 0 Å². The van der Waals surface area contributed by atoms with Gasteiger partial charge in [0, 0.05) is 17.5 Å². The van der Waals surface area contributed by atoms with Gasteiger partial charge in [-0.2, -0.15) is 0 Å². The van der Waals surface area contributed by atoms with E-state index in [0.717, 1.165) is 0 Å². The highest BCUT2D eigenvalue weighted by Crippen LogP contribution is 2.51. The Labute approximate surface area is 173 Å². The van der Waals surface area contributed by atoms with Crippen LogP contribution in [0.3, 0.4) is 0 Å². The molecule has 0 saturated heterocycles. The predicted octanol–water partition coefficient (Wildman–Crippen LogP) is 3.50. The van der Waals surface area contributed by atoms with E-state index in [1.54, 1.807) is 38.1 Å². The van der Waals surface area contributed by atoms with Crippen molar-refractivity contribution in [2.75, 3.05) is 27.6 Å². The zero-order valence-electron chi connectivity index (χ0n) is 17.1. The summed E-state index contributed by atoms with van der Waals surface area (Å²) in [6.07, 6.45) is 0. The second-order valence-electron chi connectivity index (χ2n) is 6.74. The second-order valence-corrected chi connectivity index (χ2v) is 6.74. The molecule has 1 unspecified atom stereocenters. The summed E-state index contributed by atoms with van der Waals surface area (Å²) in [6, 6.07) is 6.86. The summed E-state index contributed by atoms with van der Waals surface area (Å²) in [7, 11) is 2.89. The van der Waals surface area contributed by atoms with Crippen LogP contribution in [0.15, 0.2) is 35.6 Å². The Morgan fingerprint density at radius 3 is 2.30 bits per heavy atom. The van der Waals surface area contributed by atoms with Crippen molar-refractivity contribution in [3.8, 4) is 34.5 Å². The third kappa shape index (κ3) is 3.14. The van der Waals surface area contributed by atoms with Crippen molar-refractivity contribution in [3.05, 3.63) is 46.7 Å². The average molecular weight is 414 g/mol. The maximum Gasteiger partial charge on any atom is 0.338 e. The lowest BCUT2D eigenvalue weighted by Crippen LogP contribution is -2.23. The molecule has 2 heterocycles. The number of phenols is 1. The molecule has 1 atom stereocenters. The van der Waals surface area contributed by atoms with Gasteiger partial charge in [-0.1, -0.05) is 0 Å². The number of benzene rings is 2. The Hall–Kier alpha value is -3.55. The molecule has 30 heavy (non-hydrogen) atoms. The van der Waals surface area contributed by atoms with E-state index < -0.39 is 11.9 Å². The second kappa shape index (κ2) is 7.70. The molecule has 4 rings (SSSR count). The monoisotopic (exact) mass is 414 g/mol. The molecular formula is C22H22O8. The molecule has 2 aromatic carbocycles. The number of methoxy groups -OCH3 is 2. The van der Waals surface area contributed by atoms with Gasteiger partial charge in [-0.3, -0.25) is 0 Å². The van der Waals surface area contributed by atoms with Crippen LogP contribution in [0.4, 0.5) is 0 Å². The summed E-state index contributed by atoms with van der Waals surface area (Å²) >= 11 is 0. The predicted molar refractivity (Wildman–Crippen MR) is 106 cm³/mol. The smallest absolute Gasteiger partial charge is 0.338 e. The maximum atomic E-state index is 12.9. The van der Waals surface area contributed by atoms with Crippen molar-refractivity contribution >= 4 is 5.97 Å². The molecule has 0 fully saturated rings. The number of hydrogen-bond acceptors (Lipinski definition) is 8. The topological polar surface area (TPSA) is 92.7 Å². The van der Waals surface area contributed by atoms with Crippen molar-refractivity contribution in [1.29, 1.82) is 0 Å². The number of esters is 1. The van der Waals surface area contributed by atoms with Gasteiger partial charge in [-0.15, -0.1) is 0 Å². The standard InChI is InChI=1S/C22H22O8/c1-5-27-22(24)19-11(2)30-14-9-16-15(28-10-29-16)8-13(14)20(19)12-6-17(25-3)21(23)18(7-12)26-4/h6-9,20,23H,5,10H2,1-4H3. The van der Waals surface area contributed by atoms with Gasteiger partial charge in [0.2, 0.25) is 12.5 Å². The molecule has 2 aromatic rings.